The third-order valence-corrected chi connectivity index (χ3v) is 2.69. The van der Waals surface area contributed by atoms with Crippen molar-refractivity contribution in [2.75, 3.05) is 12.8 Å². The minimum Gasteiger partial charge on any atom is -0.496 e. The van der Waals surface area contributed by atoms with Gasteiger partial charge >= 0.3 is 0 Å². The molecule has 0 aliphatic carbocycles. The molecule has 0 aliphatic rings. The summed E-state index contributed by atoms with van der Waals surface area (Å²) < 4.78 is 10.5. The SMILES string of the molecule is COc1ccc2[nH]ccc2c1-c1cc(N)no1. The lowest BCUT2D eigenvalue weighted by molar-refractivity contribution is 0.408. The van der Waals surface area contributed by atoms with Crippen LogP contribution in [0.15, 0.2) is 35.0 Å². The number of aromatic amines is 1. The van der Waals surface area contributed by atoms with Crippen molar-refractivity contribution in [1.82, 2.24) is 10.1 Å². The summed E-state index contributed by atoms with van der Waals surface area (Å²) in [7, 11) is 1.62. The Morgan fingerprint density at radius 1 is 1.35 bits per heavy atom. The number of methoxy groups -OCH3 is 1. The molecule has 0 aliphatic heterocycles. The number of benzene rings is 1. The number of ether oxygens (including phenoxy) is 1. The van der Waals surface area contributed by atoms with Crippen molar-refractivity contribution < 1.29 is 9.26 Å². The van der Waals surface area contributed by atoms with Crippen LogP contribution in [0.2, 0.25) is 0 Å². The van der Waals surface area contributed by atoms with Crippen LogP contribution in [0.5, 0.6) is 5.75 Å². The standard InChI is InChI=1S/C12H11N3O2/c1-16-9-3-2-8-7(4-5-14-8)12(9)10-6-11(13)15-17-10/h2-6,14H,1H3,(H2,13,15). The summed E-state index contributed by atoms with van der Waals surface area (Å²) in [5.41, 5.74) is 7.44. The molecule has 0 saturated heterocycles. The van der Waals surface area contributed by atoms with Gasteiger partial charge < -0.3 is 20.0 Å². The zero-order chi connectivity index (χ0) is 11.8. The van der Waals surface area contributed by atoms with Crippen molar-refractivity contribution >= 4 is 16.7 Å². The fraction of sp³-hybridized carbons (Fsp3) is 0.0833. The molecule has 1 aromatic carbocycles. The van der Waals surface area contributed by atoms with E-state index in [9.17, 15) is 0 Å². The monoisotopic (exact) mass is 229 g/mol. The predicted molar refractivity (Wildman–Crippen MR) is 64.8 cm³/mol. The molecule has 0 fully saturated rings. The van der Waals surface area contributed by atoms with Crippen LogP contribution in [0.25, 0.3) is 22.2 Å². The molecule has 3 N–H and O–H groups in total. The zero-order valence-electron chi connectivity index (χ0n) is 9.23. The molecule has 0 radical (unpaired) electrons. The fourth-order valence-electron chi connectivity index (χ4n) is 1.94. The van der Waals surface area contributed by atoms with Crippen LogP contribution < -0.4 is 10.5 Å². The quantitative estimate of drug-likeness (QED) is 0.707. The van der Waals surface area contributed by atoms with Gasteiger partial charge in [-0.05, 0) is 18.2 Å². The number of nitrogens with zero attached hydrogens (tertiary/aromatic N) is 1. The van der Waals surface area contributed by atoms with E-state index in [0.29, 0.717) is 11.6 Å². The van der Waals surface area contributed by atoms with Crippen molar-refractivity contribution in [2.24, 2.45) is 0 Å². The maximum Gasteiger partial charge on any atom is 0.173 e. The number of fused-ring (bicyclic) bond motifs is 1. The molecular weight excluding hydrogens is 218 g/mol. The van der Waals surface area contributed by atoms with Gasteiger partial charge in [-0.15, -0.1) is 0 Å². The van der Waals surface area contributed by atoms with Gasteiger partial charge in [-0.25, -0.2) is 0 Å². The molecule has 17 heavy (non-hydrogen) atoms. The van der Waals surface area contributed by atoms with Gasteiger partial charge in [0.15, 0.2) is 11.6 Å². The second-order valence-corrected chi connectivity index (χ2v) is 3.70. The Kier molecular flexibility index (Phi) is 2.04. The van der Waals surface area contributed by atoms with E-state index in [-0.39, 0.29) is 0 Å². The van der Waals surface area contributed by atoms with Crippen molar-refractivity contribution in [1.29, 1.82) is 0 Å². The molecule has 2 aromatic heterocycles. The van der Waals surface area contributed by atoms with Gasteiger partial charge in [-0.1, -0.05) is 5.16 Å². The number of hydrogen-bond acceptors (Lipinski definition) is 4. The Bertz CT molecular complexity index is 669. The highest BCUT2D eigenvalue weighted by atomic mass is 16.5. The van der Waals surface area contributed by atoms with Crippen molar-refractivity contribution in [2.45, 2.75) is 0 Å². The largest absolute Gasteiger partial charge is 0.496 e. The lowest BCUT2D eigenvalue weighted by Crippen LogP contribution is -1.87. The molecule has 5 nitrogen and oxygen atoms in total. The second-order valence-electron chi connectivity index (χ2n) is 3.70. The molecule has 3 rings (SSSR count). The van der Waals surface area contributed by atoms with Crippen LogP contribution in [-0.2, 0) is 0 Å². The van der Waals surface area contributed by atoms with E-state index >= 15 is 0 Å². The number of hydrogen-bond donors (Lipinski definition) is 2. The number of anilines is 1. The highest BCUT2D eigenvalue weighted by molar-refractivity contribution is 5.97. The summed E-state index contributed by atoms with van der Waals surface area (Å²) in [5.74, 6) is 1.69. The second kappa shape index (κ2) is 3.55. The maximum atomic E-state index is 5.57. The minimum absolute atomic E-state index is 0.356. The summed E-state index contributed by atoms with van der Waals surface area (Å²) in [4.78, 5) is 3.14. The number of aromatic nitrogens is 2. The smallest absolute Gasteiger partial charge is 0.173 e. The maximum absolute atomic E-state index is 5.57. The van der Waals surface area contributed by atoms with Crippen molar-refractivity contribution in [3.8, 4) is 17.1 Å². The fourth-order valence-corrected chi connectivity index (χ4v) is 1.94. The van der Waals surface area contributed by atoms with Crippen molar-refractivity contribution in [3.63, 3.8) is 0 Å². The van der Waals surface area contributed by atoms with Crippen LogP contribution in [0.3, 0.4) is 0 Å². The lowest BCUT2D eigenvalue weighted by Gasteiger charge is -2.06. The Morgan fingerprint density at radius 2 is 2.24 bits per heavy atom. The number of nitrogens with two attached hydrogens (primary N) is 1. The van der Waals surface area contributed by atoms with Crippen molar-refractivity contribution in [3.05, 3.63) is 30.5 Å². The molecule has 0 atom stereocenters. The van der Waals surface area contributed by atoms with Gasteiger partial charge in [0.05, 0.1) is 12.7 Å². The lowest BCUT2D eigenvalue weighted by atomic mass is 10.1. The number of H-pyrrole nitrogens is 1. The van der Waals surface area contributed by atoms with Crippen LogP contribution in [0.1, 0.15) is 0 Å². The number of nitrogens with one attached hydrogen (secondary N) is 1. The summed E-state index contributed by atoms with van der Waals surface area (Å²) in [6.45, 7) is 0. The highest BCUT2D eigenvalue weighted by Gasteiger charge is 2.15. The average Bonchev–Trinajstić information content (AvgIpc) is 2.95. The van der Waals surface area contributed by atoms with Gasteiger partial charge in [0.2, 0.25) is 0 Å². The first-order valence-corrected chi connectivity index (χ1v) is 5.16. The third kappa shape index (κ3) is 1.44. The van der Waals surface area contributed by atoms with Crippen LogP contribution in [-0.4, -0.2) is 17.3 Å². The molecule has 3 aromatic rings. The Morgan fingerprint density at radius 3 is 2.94 bits per heavy atom. The van der Waals surface area contributed by atoms with E-state index in [1.807, 2.05) is 24.4 Å². The van der Waals surface area contributed by atoms with E-state index < -0.39 is 0 Å². The van der Waals surface area contributed by atoms with E-state index in [1.165, 1.54) is 0 Å². The van der Waals surface area contributed by atoms with E-state index in [2.05, 4.69) is 10.1 Å². The summed E-state index contributed by atoms with van der Waals surface area (Å²) in [6.07, 6.45) is 1.87. The molecule has 86 valence electrons. The number of rotatable bonds is 2. The van der Waals surface area contributed by atoms with Crippen LogP contribution >= 0.6 is 0 Å². The third-order valence-electron chi connectivity index (χ3n) is 2.69. The Labute approximate surface area is 97.2 Å². The van der Waals surface area contributed by atoms with E-state index in [4.69, 9.17) is 15.0 Å². The van der Waals surface area contributed by atoms with E-state index in [0.717, 1.165) is 22.2 Å². The Hall–Kier alpha value is -2.43. The number of nitrogen functional groups attached to an aromatic ring is 1. The summed E-state index contributed by atoms with van der Waals surface area (Å²) >= 11 is 0. The van der Waals surface area contributed by atoms with Crippen LogP contribution in [0, 0.1) is 0 Å². The normalized spacial score (nSPS) is 10.9. The first kappa shape index (κ1) is 9.77. The van der Waals surface area contributed by atoms with Crippen LogP contribution in [0.4, 0.5) is 5.82 Å². The molecule has 5 heteroatoms. The molecule has 0 spiro atoms. The molecule has 0 saturated carbocycles. The average molecular weight is 229 g/mol. The highest BCUT2D eigenvalue weighted by Crippen LogP contribution is 2.37. The van der Waals surface area contributed by atoms with Gasteiger partial charge in [-0.3, -0.25) is 0 Å². The molecule has 0 unspecified atom stereocenters. The minimum atomic E-state index is 0.356. The first-order chi connectivity index (χ1) is 8.29. The van der Waals surface area contributed by atoms with Gasteiger partial charge in [0.1, 0.15) is 5.75 Å². The topological polar surface area (TPSA) is 77.1 Å². The zero-order valence-corrected chi connectivity index (χ0v) is 9.23. The molecule has 0 bridgehead atoms. The molecule has 2 heterocycles. The van der Waals surface area contributed by atoms with Gasteiger partial charge in [0.25, 0.3) is 0 Å². The first-order valence-electron chi connectivity index (χ1n) is 5.16. The molecule has 0 amide bonds. The predicted octanol–water partition coefficient (Wildman–Crippen LogP) is 2.41. The molecular formula is C12H11N3O2. The van der Waals surface area contributed by atoms with Gasteiger partial charge in [-0.2, -0.15) is 0 Å². The van der Waals surface area contributed by atoms with Gasteiger partial charge in [0, 0.05) is 23.2 Å². The Balaban J connectivity index is 2.35. The van der Waals surface area contributed by atoms with E-state index in [1.54, 1.807) is 13.2 Å². The summed E-state index contributed by atoms with van der Waals surface area (Å²) in [6, 6.07) is 7.49. The summed E-state index contributed by atoms with van der Waals surface area (Å²) in [5, 5.41) is 4.71.